The van der Waals surface area contributed by atoms with Crippen LogP contribution in [0.3, 0.4) is 0 Å². The highest BCUT2D eigenvalue weighted by Crippen LogP contribution is 2.39. The van der Waals surface area contributed by atoms with Crippen molar-refractivity contribution in [1.29, 1.82) is 0 Å². The van der Waals surface area contributed by atoms with Crippen LogP contribution in [0.15, 0.2) is 73.3 Å². The maximum atomic E-state index is 12.8. The standard InChI is InChI=1S/C24H18ClN3O2/c25-22-10-16(18-11-26-14-27-12-18)8-17-9-19(30-23(17)22)13-28-24(29)21-7-3-5-15-4-1-2-6-20(15)21/h1-8,10-12,14,19H,9,13H2,(H,28,29). The van der Waals surface area contributed by atoms with Crippen LogP contribution in [0.5, 0.6) is 5.75 Å². The number of rotatable bonds is 4. The average Bonchev–Trinajstić information content (AvgIpc) is 3.21. The summed E-state index contributed by atoms with van der Waals surface area (Å²) in [7, 11) is 0. The van der Waals surface area contributed by atoms with Crippen LogP contribution < -0.4 is 10.1 Å². The molecule has 0 spiro atoms. The number of hydrogen-bond donors (Lipinski definition) is 1. The van der Waals surface area contributed by atoms with Crippen molar-refractivity contribution >= 4 is 28.3 Å². The molecule has 0 radical (unpaired) electrons. The molecule has 2 heterocycles. The van der Waals surface area contributed by atoms with E-state index in [9.17, 15) is 4.79 Å². The summed E-state index contributed by atoms with van der Waals surface area (Å²) in [5, 5.41) is 5.53. The van der Waals surface area contributed by atoms with Gasteiger partial charge in [-0.3, -0.25) is 4.79 Å². The molecule has 1 unspecified atom stereocenters. The molecular weight excluding hydrogens is 398 g/mol. The van der Waals surface area contributed by atoms with E-state index in [4.69, 9.17) is 16.3 Å². The van der Waals surface area contributed by atoms with Crippen molar-refractivity contribution in [3.8, 4) is 16.9 Å². The number of hydrogen-bond acceptors (Lipinski definition) is 4. The number of benzene rings is 3. The SMILES string of the molecule is O=C(NCC1Cc2cc(-c3cncnc3)cc(Cl)c2O1)c1cccc2ccccc12. The summed E-state index contributed by atoms with van der Waals surface area (Å²) in [4.78, 5) is 20.9. The molecule has 4 aromatic rings. The molecule has 5 nitrogen and oxygen atoms in total. The summed E-state index contributed by atoms with van der Waals surface area (Å²) >= 11 is 6.46. The predicted octanol–water partition coefficient (Wildman–Crippen LogP) is 4.68. The van der Waals surface area contributed by atoms with Gasteiger partial charge in [0, 0.05) is 35.5 Å². The summed E-state index contributed by atoms with van der Waals surface area (Å²) in [6.45, 7) is 0.400. The number of nitrogens with one attached hydrogen (secondary N) is 1. The molecule has 148 valence electrons. The number of amides is 1. The number of nitrogens with zero attached hydrogens (tertiary/aromatic N) is 2. The highest BCUT2D eigenvalue weighted by molar-refractivity contribution is 6.32. The van der Waals surface area contributed by atoms with Crippen molar-refractivity contribution in [2.45, 2.75) is 12.5 Å². The van der Waals surface area contributed by atoms with Crippen molar-refractivity contribution in [2.75, 3.05) is 6.54 Å². The number of fused-ring (bicyclic) bond motifs is 2. The first-order chi connectivity index (χ1) is 14.7. The first-order valence-electron chi connectivity index (χ1n) is 9.69. The van der Waals surface area contributed by atoms with Crippen molar-refractivity contribution < 1.29 is 9.53 Å². The zero-order valence-electron chi connectivity index (χ0n) is 16.0. The molecular formula is C24H18ClN3O2. The monoisotopic (exact) mass is 415 g/mol. The van der Waals surface area contributed by atoms with Crippen LogP contribution in [-0.4, -0.2) is 28.5 Å². The second-order valence-corrected chi connectivity index (χ2v) is 7.66. The average molecular weight is 416 g/mol. The van der Waals surface area contributed by atoms with E-state index in [1.807, 2.05) is 54.6 Å². The van der Waals surface area contributed by atoms with Gasteiger partial charge in [-0.1, -0.05) is 48.0 Å². The van der Waals surface area contributed by atoms with Gasteiger partial charge in [0.15, 0.2) is 0 Å². The predicted molar refractivity (Wildman–Crippen MR) is 117 cm³/mol. The van der Waals surface area contributed by atoms with Crippen molar-refractivity contribution in [1.82, 2.24) is 15.3 Å². The Labute approximate surface area is 178 Å². The number of carbonyl (C=O) groups excluding carboxylic acids is 1. The fourth-order valence-electron chi connectivity index (χ4n) is 3.84. The Morgan fingerprint density at radius 1 is 1.07 bits per heavy atom. The van der Waals surface area contributed by atoms with E-state index in [0.717, 1.165) is 27.5 Å². The molecule has 30 heavy (non-hydrogen) atoms. The third-order valence-corrected chi connectivity index (χ3v) is 5.55. The lowest BCUT2D eigenvalue weighted by Crippen LogP contribution is -2.34. The van der Waals surface area contributed by atoms with Gasteiger partial charge in [0.1, 0.15) is 18.2 Å². The number of ether oxygens (including phenoxy) is 1. The molecule has 0 saturated carbocycles. The molecule has 1 amide bonds. The smallest absolute Gasteiger partial charge is 0.252 e. The Hall–Kier alpha value is -3.44. The lowest BCUT2D eigenvalue weighted by Gasteiger charge is -2.13. The minimum atomic E-state index is -0.168. The zero-order valence-corrected chi connectivity index (χ0v) is 16.8. The summed E-state index contributed by atoms with van der Waals surface area (Å²) in [5.41, 5.74) is 3.53. The van der Waals surface area contributed by atoms with Crippen LogP contribution in [0.2, 0.25) is 5.02 Å². The van der Waals surface area contributed by atoms with Crippen LogP contribution in [0, 0.1) is 0 Å². The van der Waals surface area contributed by atoms with Gasteiger partial charge in [0.2, 0.25) is 0 Å². The van der Waals surface area contributed by atoms with Gasteiger partial charge in [0.25, 0.3) is 5.91 Å². The quantitative estimate of drug-likeness (QED) is 0.525. The Kier molecular flexibility index (Phi) is 4.81. The number of halogens is 1. The molecule has 0 bridgehead atoms. The first-order valence-corrected chi connectivity index (χ1v) is 10.1. The maximum absolute atomic E-state index is 12.8. The van der Waals surface area contributed by atoms with Gasteiger partial charge in [-0.25, -0.2) is 9.97 Å². The molecule has 1 aliphatic heterocycles. The molecule has 1 aromatic heterocycles. The van der Waals surface area contributed by atoms with Crippen molar-refractivity contribution in [3.05, 3.63) is 89.5 Å². The fourth-order valence-corrected chi connectivity index (χ4v) is 4.12. The molecule has 6 heteroatoms. The van der Waals surface area contributed by atoms with Crippen LogP contribution in [-0.2, 0) is 6.42 Å². The molecule has 1 aliphatic rings. The third kappa shape index (κ3) is 3.48. The second kappa shape index (κ2) is 7.76. The van der Waals surface area contributed by atoms with E-state index in [2.05, 4.69) is 15.3 Å². The summed E-state index contributed by atoms with van der Waals surface area (Å²) < 4.78 is 6.02. The van der Waals surface area contributed by atoms with E-state index < -0.39 is 0 Å². The topological polar surface area (TPSA) is 64.1 Å². The minimum Gasteiger partial charge on any atom is -0.486 e. The second-order valence-electron chi connectivity index (χ2n) is 7.25. The number of carbonyl (C=O) groups is 1. The lowest BCUT2D eigenvalue weighted by atomic mass is 10.0. The van der Waals surface area contributed by atoms with Gasteiger partial charge in [-0.15, -0.1) is 0 Å². The van der Waals surface area contributed by atoms with E-state index in [0.29, 0.717) is 29.3 Å². The Bertz CT molecular complexity index is 1240. The highest BCUT2D eigenvalue weighted by Gasteiger charge is 2.26. The van der Waals surface area contributed by atoms with Crippen LogP contribution >= 0.6 is 11.6 Å². The Morgan fingerprint density at radius 2 is 1.87 bits per heavy atom. The normalized spacial score (nSPS) is 14.9. The van der Waals surface area contributed by atoms with Gasteiger partial charge in [-0.05, 0) is 34.5 Å². The number of aromatic nitrogens is 2. The molecule has 5 rings (SSSR count). The molecule has 3 aromatic carbocycles. The fraction of sp³-hybridized carbons (Fsp3) is 0.125. The first kappa shape index (κ1) is 18.6. The Morgan fingerprint density at radius 3 is 2.73 bits per heavy atom. The summed E-state index contributed by atoms with van der Waals surface area (Å²) in [6.07, 6.45) is 5.51. The zero-order chi connectivity index (χ0) is 20.5. The van der Waals surface area contributed by atoms with E-state index in [-0.39, 0.29) is 12.0 Å². The minimum absolute atomic E-state index is 0.112. The summed E-state index contributed by atoms with van der Waals surface area (Å²) in [6, 6.07) is 17.5. The van der Waals surface area contributed by atoms with Gasteiger partial charge >= 0.3 is 0 Å². The summed E-state index contributed by atoms with van der Waals surface area (Å²) in [5.74, 6) is 0.571. The van der Waals surface area contributed by atoms with Gasteiger partial charge in [-0.2, -0.15) is 0 Å². The lowest BCUT2D eigenvalue weighted by molar-refractivity contribution is 0.0935. The maximum Gasteiger partial charge on any atom is 0.252 e. The van der Waals surface area contributed by atoms with Crippen LogP contribution in [0.4, 0.5) is 0 Å². The van der Waals surface area contributed by atoms with Crippen LogP contribution in [0.1, 0.15) is 15.9 Å². The molecule has 0 saturated heterocycles. The largest absolute Gasteiger partial charge is 0.486 e. The molecule has 0 fully saturated rings. The molecule has 1 atom stereocenters. The Balaban J connectivity index is 1.31. The molecule has 1 N–H and O–H groups in total. The molecule has 0 aliphatic carbocycles. The van der Waals surface area contributed by atoms with Gasteiger partial charge < -0.3 is 10.1 Å². The van der Waals surface area contributed by atoms with Crippen LogP contribution in [0.25, 0.3) is 21.9 Å². The van der Waals surface area contributed by atoms with Crippen molar-refractivity contribution in [2.24, 2.45) is 0 Å². The van der Waals surface area contributed by atoms with Gasteiger partial charge in [0.05, 0.1) is 11.6 Å². The van der Waals surface area contributed by atoms with E-state index >= 15 is 0 Å². The highest BCUT2D eigenvalue weighted by atomic mass is 35.5. The van der Waals surface area contributed by atoms with Crippen molar-refractivity contribution in [3.63, 3.8) is 0 Å². The third-order valence-electron chi connectivity index (χ3n) is 5.27. The van der Waals surface area contributed by atoms with E-state index in [1.165, 1.54) is 6.33 Å². The van der Waals surface area contributed by atoms with E-state index in [1.54, 1.807) is 12.4 Å².